The summed E-state index contributed by atoms with van der Waals surface area (Å²) in [7, 11) is 0. The summed E-state index contributed by atoms with van der Waals surface area (Å²) in [5, 5.41) is 25.5. The fourth-order valence-corrected chi connectivity index (χ4v) is 1.24. The van der Waals surface area contributed by atoms with Gasteiger partial charge in [-0.1, -0.05) is 0 Å². The van der Waals surface area contributed by atoms with Crippen molar-refractivity contribution in [1.82, 2.24) is 0 Å². The Hall–Kier alpha value is -2.06. The molecule has 0 saturated heterocycles. The zero-order valence-electron chi connectivity index (χ0n) is 5.98. The molecular formula is C7H4N4O. The number of hydrogen-bond donors (Lipinski definition) is 1. The van der Waals surface area contributed by atoms with Gasteiger partial charge in [0.25, 0.3) is 0 Å². The minimum absolute atomic E-state index is 0.856. The van der Waals surface area contributed by atoms with Crippen molar-refractivity contribution in [2.45, 2.75) is 0 Å². The monoisotopic (exact) mass is 160 g/mol. The Kier molecular flexibility index (Phi) is 1.49. The van der Waals surface area contributed by atoms with Crippen molar-refractivity contribution in [3.05, 3.63) is 0 Å². The van der Waals surface area contributed by atoms with Crippen molar-refractivity contribution in [2.24, 2.45) is 23.0 Å². The minimum Gasteiger partial charge on any atom is -0.368 e. The van der Waals surface area contributed by atoms with Crippen LogP contribution in [0.25, 0.3) is 0 Å². The van der Waals surface area contributed by atoms with E-state index in [-0.39, 0.29) is 0 Å². The van der Waals surface area contributed by atoms with Crippen LogP contribution in [0.15, 0.2) is 0 Å². The van der Waals surface area contributed by atoms with Crippen LogP contribution in [-0.2, 0) is 4.79 Å². The van der Waals surface area contributed by atoms with Gasteiger partial charge in [-0.3, -0.25) is 4.79 Å². The average molecular weight is 160 g/mol. The van der Waals surface area contributed by atoms with Crippen LogP contribution in [0.2, 0.25) is 0 Å². The zero-order valence-corrected chi connectivity index (χ0v) is 5.98. The third-order valence-corrected chi connectivity index (χ3v) is 2.08. The van der Waals surface area contributed by atoms with Crippen molar-refractivity contribution >= 4 is 5.91 Å². The molecule has 0 heterocycles. The summed E-state index contributed by atoms with van der Waals surface area (Å²) in [5.41, 5.74) is 3.36. The molecule has 0 aromatic rings. The van der Waals surface area contributed by atoms with Gasteiger partial charge >= 0.3 is 0 Å². The van der Waals surface area contributed by atoms with E-state index in [0.29, 0.717) is 0 Å². The van der Waals surface area contributed by atoms with Gasteiger partial charge < -0.3 is 5.73 Å². The Morgan fingerprint density at radius 2 is 1.67 bits per heavy atom. The first-order valence-corrected chi connectivity index (χ1v) is 3.15. The molecule has 1 rings (SSSR count). The second-order valence-corrected chi connectivity index (χ2v) is 2.56. The molecule has 1 amide bonds. The lowest BCUT2D eigenvalue weighted by Crippen LogP contribution is -2.26. The Balaban J connectivity index is 3.07. The molecule has 5 heteroatoms. The topological polar surface area (TPSA) is 114 Å². The highest BCUT2D eigenvalue weighted by Gasteiger charge is 2.71. The molecule has 1 aliphatic carbocycles. The molecule has 0 aromatic carbocycles. The van der Waals surface area contributed by atoms with Crippen LogP contribution in [0, 0.1) is 51.2 Å². The lowest BCUT2D eigenvalue weighted by atomic mass is 10.0. The first-order valence-electron chi connectivity index (χ1n) is 3.15. The molecule has 0 spiro atoms. The summed E-state index contributed by atoms with van der Waals surface area (Å²) in [6.45, 7) is 0. The molecule has 2 unspecified atom stereocenters. The van der Waals surface area contributed by atoms with Crippen LogP contribution in [0.1, 0.15) is 0 Å². The Bertz CT molecular complexity index is 333. The molecule has 2 N–H and O–H groups in total. The molecule has 12 heavy (non-hydrogen) atoms. The lowest BCUT2D eigenvalue weighted by molar-refractivity contribution is -0.121. The van der Waals surface area contributed by atoms with Crippen LogP contribution in [0.3, 0.4) is 0 Å². The van der Waals surface area contributed by atoms with E-state index in [1.165, 1.54) is 0 Å². The normalized spacial score (nSPS) is 37.1. The van der Waals surface area contributed by atoms with Gasteiger partial charge in [0.05, 0.1) is 30.0 Å². The van der Waals surface area contributed by atoms with E-state index in [1.807, 2.05) is 0 Å². The summed E-state index contributed by atoms with van der Waals surface area (Å²) in [5.74, 6) is -2.60. The molecule has 0 radical (unpaired) electrons. The number of amides is 1. The standard InChI is InChI=1S/C7H4N4O/c8-1-4-5(2-9)7(4,3-10)6(11)12/h4-5H,(H2,11,12). The maximum Gasteiger partial charge on any atom is 0.240 e. The Morgan fingerprint density at radius 3 is 1.75 bits per heavy atom. The maximum absolute atomic E-state index is 10.8. The summed E-state index contributed by atoms with van der Waals surface area (Å²) < 4.78 is 0. The van der Waals surface area contributed by atoms with E-state index >= 15 is 0 Å². The highest BCUT2D eigenvalue weighted by atomic mass is 16.1. The molecule has 2 atom stereocenters. The van der Waals surface area contributed by atoms with Crippen LogP contribution in [0.4, 0.5) is 0 Å². The molecule has 58 valence electrons. The van der Waals surface area contributed by atoms with Gasteiger partial charge in [-0.25, -0.2) is 0 Å². The first-order chi connectivity index (χ1) is 5.65. The molecule has 5 nitrogen and oxygen atoms in total. The number of rotatable bonds is 1. The maximum atomic E-state index is 10.8. The molecule has 0 aromatic heterocycles. The van der Waals surface area contributed by atoms with Crippen molar-refractivity contribution < 1.29 is 4.79 Å². The smallest absolute Gasteiger partial charge is 0.240 e. The van der Waals surface area contributed by atoms with Gasteiger partial charge in [-0.05, 0) is 0 Å². The van der Waals surface area contributed by atoms with E-state index in [9.17, 15) is 4.79 Å². The number of nitrogens with zero attached hydrogens (tertiary/aromatic N) is 3. The van der Waals surface area contributed by atoms with Gasteiger partial charge in [-0.2, -0.15) is 15.8 Å². The van der Waals surface area contributed by atoms with E-state index < -0.39 is 23.2 Å². The molecule has 0 aliphatic heterocycles. The number of carbonyl (C=O) groups is 1. The van der Waals surface area contributed by atoms with Gasteiger partial charge in [-0.15, -0.1) is 0 Å². The van der Waals surface area contributed by atoms with Crippen LogP contribution in [-0.4, -0.2) is 5.91 Å². The van der Waals surface area contributed by atoms with E-state index in [0.717, 1.165) is 0 Å². The largest absolute Gasteiger partial charge is 0.368 e. The molecular weight excluding hydrogens is 156 g/mol. The van der Waals surface area contributed by atoms with Crippen molar-refractivity contribution in [3.8, 4) is 18.2 Å². The minimum atomic E-state index is -1.55. The first kappa shape index (κ1) is 8.04. The van der Waals surface area contributed by atoms with Crippen LogP contribution >= 0.6 is 0 Å². The SMILES string of the molecule is N#CC1C(C#N)C1(C#N)C(N)=O. The summed E-state index contributed by atoms with van der Waals surface area (Å²) in [4.78, 5) is 10.8. The number of hydrogen-bond acceptors (Lipinski definition) is 4. The van der Waals surface area contributed by atoms with Crippen LogP contribution < -0.4 is 5.73 Å². The van der Waals surface area contributed by atoms with E-state index in [2.05, 4.69) is 0 Å². The number of nitriles is 3. The molecule has 1 saturated carbocycles. The quantitative estimate of drug-likeness (QED) is 0.544. The summed E-state index contributed by atoms with van der Waals surface area (Å²) in [6.07, 6.45) is 0. The molecule has 1 fully saturated rings. The highest BCUT2D eigenvalue weighted by Crippen LogP contribution is 2.57. The molecule has 0 bridgehead atoms. The van der Waals surface area contributed by atoms with Crippen molar-refractivity contribution in [1.29, 1.82) is 15.8 Å². The van der Waals surface area contributed by atoms with E-state index in [1.54, 1.807) is 18.2 Å². The number of primary amides is 1. The predicted molar refractivity (Wildman–Crippen MR) is 35.4 cm³/mol. The van der Waals surface area contributed by atoms with Crippen LogP contribution in [0.5, 0.6) is 0 Å². The van der Waals surface area contributed by atoms with Crippen molar-refractivity contribution in [3.63, 3.8) is 0 Å². The Labute approximate surface area is 68.6 Å². The van der Waals surface area contributed by atoms with Gasteiger partial charge in [0.15, 0.2) is 5.41 Å². The zero-order chi connectivity index (χ0) is 9.35. The number of carbonyl (C=O) groups excluding carboxylic acids is 1. The fraction of sp³-hybridized carbons (Fsp3) is 0.429. The third kappa shape index (κ3) is 0.615. The highest BCUT2D eigenvalue weighted by molar-refractivity contribution is 5.89. The van der Waals surface area contributed by atoms with E-state index in [4.69, 9.17) is 21.5 Å². The second-order valence-electron chi connectivity index (χ2n) is 2.56. The number of nitrogens with two attached hydrogens (primary N) is 1. The van der Waals surface area contributed by atoms with Gasteiger partial charge in [0.1, 0.15) is 0 Å². The van der Waals surface area contributed by atoms with Gasteiger partial charge in [0, 0.05) is 0 Å². The van der Waals surface area contributed by atoms with Gasteiger partial charge in [0.2, 0.25) is 5.91 Å². The second kappa shape index (κ2) is 2.22. The lowest BCUT2D eigenvalue weighted by Gasteiger charge is -1.96. The Morgan fingerprint density at radius 1 is 1.25 bits per heavy atom. The predicted octanol–water partition coefficient (Wildman–Crippen LogP) is -0.725. The summed E-state index contributed by atoms with van der Waals surface area (Å²) in [6, 6.07) is 5.07. The molecule has 1 aliphatic rings. The average Bonchev–Trinajstić information content (AvgIpc) is 2.72. The fourth-order valence-electron chi connectivity index (χ4n) is 1.24. The summed E-state index contributed by atoms with van der Waals surface area (Å²) >= 11 is 0. The van der Waals surface area contributed by atoms with Crippen molar-refractivity contribution in [2.75, 3.05) is 0 Å². The third-order valence-electron chi connectivity index (χ3n) is 2.08.